The van der Waals surface area contributed by atoms with Crippen LogP contribution in [0.4, 0.5) is 0 Å². The highest BCUT2D eigenvalue weighted by atomic mass is 127. The zero-order chi connectivity index (χ0) is 25.3. The van der Waals surface area contributed by atoms with Gasteiger partial charge in [0.15, 0.2) is 0 Å². The van der Waals surface area contributed by atoms with Crippen LogP contribution in [-0.2, 0) is 9.59 Å². The lowest BCUT2D eigenvalue weighted by Gasteiger charge is -2.30. The molecule has 0 spiro atoms. The number of rotatable bonds is 7. The van der Waals surface area contributed by atoms with E-state index >= 15 is 0 Å². The predicted molar refractivity (Wildman–Crippen MR) is 144 cm³/mol. The fraction of sp³-hybridized carbons (Fsp3) is 0.440. The maximum absolute atomic E-state index is 13.6. The number of amides is 2. The van der Waals surface area contributed by atoms with Crippen molar-refractivity contribution in [3.63, 3.8) is 0 Å². The molecule has 0 radical (unpaired) electrons. The topological polar surface area (TPSA) is 100 Å². The molecule has 0 bridgehead atoms. The summed E-state index contributed by atoms with van der Waals surface area (Å²) in [5.74, 6) is -0.491. The first-order chi connectivity index (χ1) is 16.7. The maximum Gasteiger partial charge on any atom is 0.248 e. The molecule has 0 aliphatic carbocycles. The number of aromatic nitrogens is 3. The molecule has 4 atom stereocenters. The summed E-state index contributed by atoms with van der Waals surface area (Å²) in [6, 6.07) is 6.55. The average molecular weight is 608 g/mol. The van der Waals surface area contributed by atoms with E-state index in [1.54, 1.807) is 22.2 Å². The number of benzene rings is 1. The minimum atomic E-state index is -0.738. The van der Waals surface area contributed by atoms with Gasteiger partial charge in [-0.25, -0.2) is 4.98 Å². The second kappa shape index (κ2) is 10.8. The molecule has 1 aliphatic heterocycles. The molecule has 1 saturated heterocycles. The van der Waals surface area contributed by atoms with E-state index in [9.17, 15) is 14.7 Å². The molecule has 0 saturated carbocycles. The van der Waals surface area contributed by atoms with Crippen molar-refractivity contribution in [1.29, 1.82) is 0 Å². The molecule has 35 heavy (non-hydrogen) atoms. The van der Waals surface area contributed by atoms with Crippen LogP contribution >= 0.6 is 33.9 Å². The lowest BCUT2D eigenvalue weighted by atomic mass is 10.0. The Bertz CT molecular complexity index is 1190. The van der Waals surface area contributed by atoms with Crippen LogP contribution in [0.2, 0.25) is 0 Å². The third-order valence-corrected chi connectivity index (χ3v) is 7.92. The molecule has 1 aliphatic rings. The van der Waals surface area contributed by atoms with E-state index in [4.69, 9.17) is 0 Å². The number of carbonyl (C=O) groups excluding carboxylic acids is 2. The number of aliphatic hydroxyl groups is 1. The van der Waals surface area contributed by atoms with Gasteiger partial charge in [0.05, 0.1) is 38.0 Å². The fourth-order valence-corrected chi connectivity index (χ4v) is 5.76. The number of nitrogens with one attached hydrogen (secondary N) is 1. The minimum absolute atomic E-state index is 0.0284. The Kier molecular flexibility index (Phi) is 7.92. The van der Waals surface area contributed by atoms with Crippen LogP contribution < -0.4 is 5.32 Å². The van der Waals surface area contributed by atoms with E-state index in [1.807, 2.05) is 63.7 Å². The Balaban J connectivity index is 1.47. The molecular formula is C25H30IN5O3S. The van der Waals surface area contributed by atoms with Gasteiger partial charge in [-0.3, -0.25) is 14.3 Å². The summed E-state index contributed by atoms with van der Waals surface area (Å²) in [7, 11) is 0. The summed E-state index contributed by atoms with van der Waals surface area (Å²) >= 11 is 3.76. The molecule has 4 unspecified atom stereocenters. The lowest BCUT2D eigenvalue weighted by Crippen LogP contribution is -2.49. The van der Waals surface area contributed by atoms with Crippen molar-refractivity contribution >= 4 is 45.7 Å². The zero-order valence-corrected chi connectivity index (χ0v) is 23.2. The van der Waals surface area contributed by atoms with Gasteiger partial charge in [-0.2, -0.15) is 5.10 Å². The van der Waals surface area contributed by atoms with Crippen LogP contribution in [0.5, 0.6) is 0 Å². The number of halogens is 1. The van der Waals surface area contributed by atoms with Crippen molar-refractivity contribution in [2.75, 3.05) is 6.54 Å². The van der Waals surface area contributed by atoms with Crippen molar-refractivity contribution in [2.24, 2.45) is 5.92 Å². The van der Waals surface area contributed by atoms with E-state index < -0.39 is 18.2 Å². The van der Waals surface area contributed by atoms with Gasteiger partial charge in [-0.05, 0) is 53.5 Å². The summed E-state index contributed by atoms with van der Waals surface area (Å²) in [5, 5.41) is 17.7. The average Bonchev–Trinajstić information content (AvgIpc) is 3.53. The number of thiazole rings is 1. The highest BCUT2D eigenvalue weighted by Crippen LogP contribution is 2.29. The quantitative estimate of drug-likeness (QED) is 0.397. The summed E-state index contributed by atoms with van der Waals surface area (Å²) in [6.45, 7) is 7.96. The van der Waals surface area contributed by atoms with Gasteiger partial charge in [0, 0.05) is 19.2 Å². The molecule has 4 rings (SSSR count). The Morgan fingerprint density at radius 1 is 1.23 bits per heavy atom. The van der Waals surface area contributed by atoms with Crippen LogP contribution in [0.3, 0.4) is 0 Å². The largest absolute Gasteiger partial charge is 0.391 e. The van der Waals surface area contributed by atoms with Crippen LogP contribution in [0.1, 0.15) is 50.5 Å². The van der Waals surface area contributed by atoms with E-state index in [1.165, 1.54) is 4.90 Å². The first-order valence-corrected chi connectivity index (χ1v) is 13.6. The van der Waals surface area contributed by atoms with E-state index in [0.717, 1.165) is 25.3 Å². The van der Waals surface area contributed by atoms with Crippen molar-refractivity contribution in [1.82, 2.24) is 25.0 Å². The summed E-state index contributed by atoms with van der Waals surface area (Å²) in [5.41, 5.74) is 4.89. The number of aryl methyl sites for hydroxylation is 1. The Morgan fingerprint density at radius 3 is 2.51 bits per heavy atom. The summed E-state index contributed by atoms with van der Waals surface area (Å²) < 4.78 is 2.59. The van der Waals surface area contributed by atoms with Gasteiger partial charge in [0.1, 0.15) is 12.1 Å². The first kappa shape index (κ1) is 25.8. The van der Waals surface area contributed by atoms with E-state index in [0.29, 0.717) is 0 Å². The van der Waals surface area contributed by atoms with Gasteiger partial charge >= 0.3 is 0 Å². The number of aliphatic hydroxyl groups excluding tert-OH is 1. The Hall–Kier alpha value is -2.31. The maximum atomic E-state index is 13.6. The number of carbonyl (C=O) groups is 2. The van der Waals surface area contributed by atoms with Gasteiger partial charge < -0.3 is 15.3 Å². The molecule has 3 aromatic rings. The third kappa shape index (κ3) is 5.59. The smallest absolute Gasteiger partial charge is 0.248 e. The van der Waals surface area contributed by atoms with E-state index in [2.05, 4.69) is 38.0 Å². The van der Waals surface area contributed by atoms with Gasteiger partial charge in [0.25, 0.3) is 0 Å². The first-order valence-electron chi connectivity index (χ1n) is 11.6. The fourth-order valence-electron chi connectivity index (χ4n) is 4.54. The number of likely N-dealkylation sites (tertiary alicyclic amines) is 1. The van der Waals surface area contributed by atoms with Crippen molar-refractivity contribution in [2.45, 2.75) is 58.3 Å². The highest BCUT2D eigenvalue weighted by molar-refractivity contribution is 14.1. The van der Waals surface area contributed by atoms with Crippen molar-refractivity contribution in [3.8, 4) is 10.4 Å². The van der Waals surface area contributed by atoms with Gasteiger partial charge in [0.2, 0.25) is 11.8 Å². The van der Waals surface area contributed by atoms with Crippen molar-refractivity contribution < 1.29 is 14.7 Å². The molecule has 1 aromatic carbocycles. The number of nitrogens with zero attached hydrogens (tertiary/aromatic N) is 4. The Morgan fingerprint density at radius 2 is 1.94 bits per heavy atom. The summed E-state index contributed by atoms with van der Waals surface area (Å²) in [6.07, 6.45) is 3.01. The van der Waals surface area contributed by atoms with Crippen molar-refractivity contribution in [3.05, 3.63) is 57.0 Å². The zero-order valence-electron chi connectivity index (χ0n) is 20.2. The van der Waals surface area contributed by atoms with Crippen LogP contribution in [0.25, 0.3) is 10.4 Å². The molecule has 2 amide bonds. The summed E-state index contributed by atoms with van der Waals surface area (Å²) in [4.78, 5) is 33.8. The van der Waals surface area contributed by atoms with Crippen LogP contribution in [0.15, 0.2) is 42.2 Å². The minimum Gasteiger partial charge on any atom is -0.391 e. The van der Waals surface area contributed by atoms with Crippen LogP contribution in [0, 0.1) is 16.4 Å². The van der Waals surface area contributed by atoms with Gasteiger partial charge in [-0.1, -0.05) is 38.1 Å². The SMILES string of the molecule is Cc1ncsc1-c1ccc(C(C)NC(=O)C2CC(O)CN2C(=O)C(C(C)C)n2cc(I)cn2)cc1. The molecule has 8 nitrogen and oxygen atoms in total. The molecule has 1 fully saturated rings. The Labute approximate surface area is 222 Å². The molecule has 186 valence electrons. The third-order valence-electron chi connectivity index (χ3n) is 6.38. The molecule has 3 heterocycles. The predicted octanol–water partition coefficient (Wildman–Crippen LogP) is 3.96. The van der Waals surface area contributed by atoms with E-state index in [-0.39, 0.29) is 36.7 Å². The molecular weight excluding hydrogens is 577 g/mol. The lowest BCUT2D eigenvalue weighted by molar-refractivity contribution is -0.142. The number of hydrogen-bond acceptors (Lipinski definition) is 6. The monoisotopic (exact) mass is 607 g/mol. The molecule has 10 heteroatoms. The second-order valence-electron chi connectivity index (χ2n) is 9.34. The van der Waals surface area contributed by atoms with Crippen LogP contribution in [-0.4, -0.2) is 55.3 Å². The number of β-amino-alcohol motifs (C(OH)–C–C–N with tert-alkyl or cyclic N) is 1. The van der Waals surface area contributed by atoms with Gasteiger partial charge in [-0.15, -0.1) is 11.3 Å². The number of hydrogen-bond donors (Lipinski definition) is 2. The molecule has 2 aromatic heterocycles. The normalized spacial score (nSPS) is 19.7. The second-order valence-corrected chi connectivity index (χ2v) is 11.4. The highest BCUT2D eigenvalue weighted by Gasteiger charge is 2.42. The molecule has 2 N–H and O–H groups in total. The standard InChI is InChI=1S/C25H30IN5O3S/c1-14(2)22(31-11-19(26)10-28-31)25(34)30-12-20(32)9-21(30)24(33)29-15(3)17-5-7-18(8-6-17)23-16(4)27-13-35-23/h5-8,10-11,13-15,20-22,32H,9,12H2,1-4H3,(H,29,33).